The Morgan fingerprint density at radius 1 is 0.900 bits per heavy atom. The second kappa shape index (κ2) is 5.52. The highest BCUT2D eigenvalue weighted by Gasteiger charge is 2.36. The van der Waals surface area contributed by atoms with E-state index in [1.54, 1.807) is 24.3 Å². The summed E-state index contributed by atoms with van der Waals surface area (Å²) in [7, 11) is 0. The summed E-state index contributed by atoms with van der Waals surface area (Å²) in [5, 5.41) is 0. The molecule has 5 heteroatoms. The first-order chi connectivity index (χ1) is 9.64. The normalized spacial score (nSPS) is 30.0. The number of hydrogen-bond acceptors (Lipinski definition) is 5. The first-order valence-corrected chi connectivity index (χ1v) is 5.87. The second-order valence-corrected chi connectivity index (χ2v) is 3.92. The number of allylic oxidation sites excluding steroid dienone is 4. The van der Waals surface area contributed by atoms with Crippen LogP contribution in [0.15, 0.2) is 74.3 Å². The molecule has 0 spiro atoms. The maximum Gasteiger partial charge on any atom is 0.515 e. The summed E-state index contributed by atoms with van der Waals surface area (Å²) in [6.45, 7) is 7.15. The Balaban J connectivity index is 2.05. The van der Waals surface area contributed by atoms with E-state index in [1.807, 2.05) is 0 Å². The highest BCUT2D eigenvalue weighted by Crippen LogP contribution is 2.25. The lowest BCUT2D eigenvalue weighted by Crippen LogP contribution is -2.39. The molecule has 0 saturated heterocycles. The van der Waals surface area contributed by atoms with E-state index in [4.69, 9.17) is 18.9 Å². The van der Waals surface area contributed by atoms with Gasteiger partial charge < -0.3 is 18.9 Å². The van der Waals surface area contributed by atoms with E-state index in [9.17, 15) is 4.79 Å². The van der Waals surface area contributed by atoms with E-state index >= 15 is 0 Å². The monoisotopic (exact) mass is 274 g/mol. The van der Waals surface area contributed by atoms with Crippen molar-refractivity contribution in [3.8, 4) is 0 Å². The van der Waals surface area contributed by atoms with Gasteiger partial charge in [-0.15, -0.1) is 0 Å². The lowest BCUT2D eigenvalue weighted by atomic mass is 10.2. The van der Waals surface area contributed by atoms with Crippen LogP contribution in [0.3, 0.4) is 0 Å². The SMILES string of the molecule is C=CC1(OC(=O)OC2(C=C)C=CC=CO2)C=CC=CO1. The van der Waals surface area contributed by atoms with Gasteiger partial charge in [-0.2, -0.15) is 0 Å². The van der Waals surface area contributed by atoms with Crippen molar-refractivity contribution < 1.29 is 23.7 Å². The minimum absolute atomic E-state index is 0.982. The average molecular weight is 274 g/mol. The van der Waals surface area contributed by atoms with Crippen LogP contribution in [0.5, 0.6) is 0 Å². The predicted molar refractivity (Wildman–Crippen MR) is 72.2 cm³/mol. The van der Waals surface area contributed by atoms with E-state index in [2.05, 4.69) is 13.2 Å². The van der Waals surface area contributed by atoms with Crippen LogP contribution >= 0.6 is 0 Å². The Labute approximate surface area is 116 Å². The van der Waals surface area contributed by atoms with Gasteiger partial charge in [-0.3, -0.25) is 0 Å². The fourth-order valence-corrected chi connectivity index (χ4v) is 1.55. The van der Waals surface area contributed by atoms with Crippen molar-refractivity contribution in [2.24, 2.45) is 0 Å². The molecule has 0 saturated carbocycles. The van der Waals surface area contributed by atoms with E-state index in [0.29, 0.717) is 0 Å². The fraction of sp³-hybridized carbons (Fsp3) is 0.133. The first kappa shape index (κ1) is 13.7. The van der Waals surface area contributed by atoms with Gasteiger partial charge in [0.15, 0.2) is 0 Å². The number of rotatable bonds is 4. The third kappa shape index (κ3) is 2.83. The third-order valence-electron chi connectivity index (χ3n) is 2.60. The summed E-state index contributed by atoms with van der Waals surface area (Å²) < 4.78 is 20.7. The molecule has 2 aliphatic rings. The van der Waals surface area contributed by atoms with E-state index in [-0.39, 0.29) is 0 Å². The van der Waals surface area contributed by atoms with Crippen molar-refractivity contribution in [1.82, 2.24) is 0 Å². The molecule has 0 N–H and O–H groups in total. The van der Waals surface area contributed by atoms with Crippen LogP contribution in [-0.4, -0.2) is 17.7 Å². The van der Waals surface area contributed by atoms with Crippen LogP contribution in [0.2, 0.25) is 0 Å². The van der Waals surface area contributed by atoms with E-state index < -0.39 is 17.7 Å². The van der Waals surface area contributed by atoms with Gasteiger partial charge in [0.2, 0.25) is 0 Å². The zero-order valence-electron chi connectivity index (χ0n) is 10.7. The summed E-state index contributed by atoms with van der Waals surface area (Å²) in [5.41, 5.74) is 0. The minimum Gasteiger partial charge on any atom is -0.453 e. The Morgan fingerprint density at radius 2 is 1.35 bits per heavy atom. The molecule has 0 aromatic heterocycles. The number of ether oxygens (including phenoxy) is 4. The fourth-order valence-electron chi connectivity index (χ4n) is 1.55. The molecule has 2 heterocycles. The standard InChI is InChI=1S/C15H14O5/c1-3-14(9-5-7-11-17-14)19-13(16)20-15(4-2)10-6-8-12-18-15/h3-12H,1-2H2. The molecule has 2 atom stereocenters. The summed E-state index contributed by atoms with van der Waals surface area (Å²) in [4.78, 5) is 11.9. The highest BCUT2D eigenvalue weighted by molar-refractivity contribution is 5.62. The lowest BCUT2D eigenvalue weighted by molar-refractivity contribution is -0.161. The molecule has 0 radical (unpaired) electrons. The van der Waals surface area contributed by atoms with Crippen LogP contribution < -0.4 is 0 Å². The Bertz CT molecular complexity index is 482. The summed E-state index contributed by atoms with van der Waals surface area (Å²) in [6, 6.07) is 0. The summed E-state index contributed by atoms with van der Waals surface area (Å²) in [6.07, 6.45) is 14.2. The van der Waals surface area contributed by atoms with Gasteiger partial charge in [0.05, 0.1) is 12.5 Å². The molecule has 5 nitrogen and oxygen atoms in total. The van der Waals surface area contributed by atoms with Gasteiger partial charge >= 0.3 is 6.16 Å². The van der Waals surface area contributed by atoms with Crippen molar-refractivity contribution in [1.29, 1.82) is 0 Å². The third-order valence-corrected chi connectivity index (χ3v) is 2.60. The number of carbonyl (C=O) groups excluding carboxylic acids is 1. The van der Waals surface area contributed by atoms with Crippen molar-refractivity contribution in [2.45, 2.75) is 11.6 Å². The Kier molecular flexibility index (Phi) is 3.79. The van der Waals surface area contributed by atoms with Gasteiger partial charge in [0.1, 0.15) is 0 Å². The van der Waals surface area contributed by atoms with Crippen molar-refractivity contribution >= 4 is 6.16 Å². The molecular formula is C15H14O5. The second-order valence-electron chi connectivity index (χ2n) is 3.92. The molecule has 2 rings (SSSR count). The lowest BCUT2D eigenvalue weighted by Gasteiger charge is -2.31. The van der Waals surface area contributed by atoms with E-state index in [0.717, 1.165) is 0 Å². The average Bonchev–Trinajstić information content (AvgIpc) is 2.49. The molecular weight excluding hydrogens is 260 g/mol. The van der Waals surface area contributed by atoms with Gasteiger partial charge in [-0.25, -0.2) is 4.79 Å². The topological polar surface area (TPSA) is 54.0 Å². The Hall–Kier alpha value is -2.69. The van der Waals surface area contributed by atoms with Gasteiger partial charge in [-0.1, -0.05) is 25.3 Å². The first-order valence-electron chi connectivity index (χ1n) is 5.87. The molecule has 0 aliphatic carbocycles. The smallest absolute Gasteiger partial charge is 0.453 e. The van der Waals surface area contributed by atoms with Gasteiger partial charge in [-0.05, 0) is 24.3 Å². The maximum absolute atomic E-state index is 11.9. The molecule has 0 aromatic rings. The number of hydrogen-bond donors (Lipinski definition) is 0. The molecule has 2 unspecified atom stereocenters. The maximum atomic E-state index is 11.9. The molecule has 0 fully saturated rings. The zero-order chi connectivity index (χ0) is 14.5. The van der Waals surface area contributed by atoms with Crippen molar-refractivity contribution in [3.63, 3.8) is 0 Å². The quantitative estimate of drug-likeness (QED) is 0.582. The van der Waals surface area contributed by atoms with Crippen LogP contribution in [0.1, 0.15) is 0 Å². The molecule has 0 aromatic carbocycles. The molecule has 0 bridgehead atoms. The highest BCUT2D eigenvalue weighted by atomic mass is 16.8. The van der Waals surface area contributed by atoms with Gasteiger partial charge in [0, 0.05) is 12.2 Å². The van der Waals surface area contributed by atoms with Gasteiger partial charge in [0.25, 0.3) is 11.6 Å². The van der Waals surface area contributed by atoms with E-state index in [1.165, 1.54) is 36.8 Å². The van der Waals surface area contributed by atoms with Crippen LogP contribution in [0.25, 0.3) is 0 Å². The zero-order valence-corrected chi connectivity index (χ0v) is 10.7. The molecule has 104 valence electrons. The van der Waals surface area contributed by atoms with Crippen molar-refractivity contribution in [2.75, 3.05) is 0 Å². The summed E-state index contributed by atoms with van der Waals surface area (Å²) >= 11 is 0. The van der Waals surface area contributed by atoms with Crippen LogP contribution in [0.4, 0.5) is 4.79 Å². The minimum atomic E-state index is -1.39. The Morgan fingerprint density at radius 3 is 1.65 bits per heavy atom. The largest absolute Gasteiger partial charge is 0.515 e. The summed E-state index contributed by atoms with van der Waals surface area (Å²) in [5.74, 6) is -2.77. The van der Waals surface area contributed by atoms with Crippen molar-refractivity contribution in [3.05, 3.63) is 74.3 Å². The molecule has 20 heavy (non-hydrogen) atoms. The van der Waals surface area contributed by atoms with Crippen LogP contribution in [-0.2, 0) is 18.9 Å². The van der Waals surface area contributed by atoms with Crippen LogP contribution in [0, 0.1) is 0 Å². The number of carbonyl (C=O) groups is 1. The molecule has 2 aliphatic heterocycles. The predicted octanol–water partition coefficient (Wildman–Crippen LogP) is 3.10. The molecule has 0 amide bonds.